The van der Waals surface area contributed by atoms with E-state index in [0.29, 0.717) is 5.56 Å². The predicted molar refractivity (Wildman–Crippen MR) is 69.7 cm³/mol. The van der Waals surface area contributed by atoms with Crippen molar-refractivity contribution in [3.8, 4) is 0 Å². The van der Waals surface area contributed by atoms with Crippen LogP contribution in [0.25, 0.3) is 0 Å². The lowest BCUT2D eigenvalue weighted by Gasteiger charge is -2.05. The number of rotatable bonds is 3. The summed E-state index contributed by atoms with van der Waals surface area (Å²) in [6.07, 6.45) is 0. The van der Waals surface area contributed by atoms with E-state index in [2.05, 4.69) is 15.9 Å². The molecule has 0 saturated heterocycles. The SMILES string of the molecule is O=C(OCc1ccc(F)cc1)c1ccc(Br)cc1. The molecule has 0 heterocycles. The summed E-state index contributed by atoms with van der Waals surface area (Å²) in [5.74, 6) is -0.704. The molecule has 0 saturated carbocycles. The third kappa shape index (κ3) is 3.40. The minimum Gasteiger partial charge on any atom is -0.457 e. The van der Waals surface area contributed by atoms with Gasteiger partial charge in [0.2, 0.25) is 0 Å². The van der Waals surface area contributed by atoms with Gasteiger partial charge >= 0.3 is 5.97 Å². The molecule has 2 rings (SSSR count). The van der Waals surface area contributed by atoms with E-state index in [-0.39, 0.29) is 12.4 Å². The van der Waals surface area contributed by atoms with Crippen molar-refractivity contribution in [3.63, 3.8) is 0 Å². The van der Waals surface area contributed by atoms with Crippen LogP contribution < -0.4 is 0 Å². The van der Waals surface area contributed by atoms with Crippen LogP contribution in [0.1, 0.15) is 15.9 Å². The van der Waals surface area contributed by atoms with Crippen LogP contribution >= 0.6 is 15.9 Å². The number of carbonyl (C=O) groups excluding carboxylic acids is 1. The van der Waals surface area contributed by atoms with E-state index < -0.39 is 5.97 Å². The van der Waals surface area contributed by atoms with Gasteiger partial charge in [0.15, 0.2) is 0 Å². The molecule has 0 spiro atoms. The topological polar surface area (TPSA) is 26.3 Å². The lowest BCUT2D eigenvalue weighted by Crippen LogP contribution is -2.04. The molecule has 0 unspecified atom stereocenters. The lowest BCUT2D eigenvalue weighted by molar-refractivity contribution is 0.0472. The summed E-state index contributed by atoms with van der Waals surface area (Å²) in [5, 5.41) is 0. The van der Waals surface area contributed by atoms with Crippen LogP contribution in [0, 0.1) is 5.82 Å². The van der Waals surface area contributed by atoms with E-state index in [1.54, 1.807) is 36.4 Å². The van der Waals surface area contributed by atoms with E-state index >= 15 is 0 Å². The molecule has 2 nitrogen and oxygen atoms in total. The zero-order chi connectivity index (χ0) is 13.0. The van der Waals surface area contributed by atoms with Crippen molar-refractivity contribution < 1.29 is 13.9 Å². The summed E-state index contributed by atoms with van der Waals surface area (Å²) in [6.45, 7) is 0.134. The molecule has 0 aliphatic carbocycles. The van der Waals surface area contributed by atoms with Gasteiger partial charge in [0, 0.05) is 4.47 Å². The Morgan fingerprint density at radius 3 is 2.28 bits per heavy atom. The summed E-state index contributed by atoms with van der Waals surface area (Å²) in [6, 6.07) is 12.7. The fourth-order valence-electron chi connectivity index (χ4n) is 1.40. The number of ether oxygens (including phenoxy) is 1. The van der Waals surface area contributed by atoms with Crippen LogP contribution in [-0.4, -0.2) is 5.97 Å². The van der Waals surface area contributed by atoms with Crippen molar-refractivity contribution >= 4 is 21.9 Å². The Balaban J connectivity index is 1.96. The molecule has 2 aromatic carbocycles. The largest absolute Gasteiger partial charge is 0.457 e. The lowest BCUT2D eigenvalue weighted by atomic mass is 10.2. The fourth-order valence-corrected chi connectivity index (χ4v) is 1.66. The number of hydrogen-bond acceptors (Lipinski definition) is 2. The van der Waals surface area contributed by atoms with Gasteiger partial charge in [-0.05, 0) is 42.0 Å². The number of hydrogen-bond donors (Lipinski definition) is 0. The van der Waals surface area contributed by atoms with E-state index in [0.717, 1.165) is 10.0 Å². The molecule has 0 N–H and O–H groups in total. The zero-order valence-electron chi connectivity index (χ0n) is 9.40. The van der Waals surface area contributed by atoms with E-state index in [9.17, 15) is 9.18 Å². The molecule has 0 bridgehead atoms. The second-order valence-electron chi connectivity index (χ2n) is 3.71. The monoisotopic (exact) mass is 308 g/mol. The molecule has 0 aromatic heterocycles. The molecule has 0 radical (unpaired) electrons. The quantitative estimate of drug-likeness (QED) is 0.803. The van der Waals surface area contributed by atoms with Crippen LogP contribution in [0.5, 0.6) is 0 Å². The summed E-state index contributed by atoms with van der Waals surface area (Å²) in [5.41, 5.74) is 1.24. The Bertz CT molecular complexity index is 535. The van der Waals surface area contributed by atoms with Crippen LogP contribution in [0.2, 0.25) is 0 Å². The highest BCUT2D eigenvalue weighted by molar-refractivity contribution is 9.10. The van der Waals surface area contributed by atoms with Crippen molar-refractivity contribution in [1.82, 2.24) is 0 Å². The molecular formula is C14H10BrFO2. The predicted octanol–water partition coefficient (Wildman–Crippen LogP) is 3.95. The van der Waals surface area contributed by atoms with Crippen molar-refractivity contribution in [1.29, 1.82) is 0 Å². The average molecular weight is 309 g/mol. The second kappa shape index (κ2) is 5.78. The van der Waals surface area contributed by atoms with E-state index in [1.807, 2.05) is 0 Å². The summed E-state index contributed by atoms with van der Waals surface area (Å²) in [4.78, 5) is 11.7. The van der Waals surface area contributed by atoms with Crippen LogP contribution in [0.15, 0.2) is 53.0 Å². The van der Waals surface area contributed by atoms with Crippen LogP contribution in [0.3, 0.4) is 0 Å². The first-order valence-electron chi connectivity index (χ1n) is 5.32. The third-order valence-electron chi connectivity index (χ3n) is 2.36. The van der Waals surface area contributed by atoms with Crippen molar-refractivity contribution in [3.05, 3.63) is 69.9 Å². The van der Waals surface area contributed by atoms with Gasteiger partial charge in [0.05, 0.1) is 5.56 Å². The molecule has 0 aliphatic heterocycles. The Morgan fingerprint density at radius 1 is 1.06 bits per heavy atom. The molecule has 0 atom stereocenters. The third-order valence-corrected chi connectivity index (χ3v) is 2.89. The molecule has 0 aliphatic rings. The Hall–Kier alpha value is -1.68. The summed E-state index contributed by atoms with van der Waals surface area (Å²) >= 11 is 3.29. The van der Waals surface area contributed by atoms with Crippen LogP contribution in [-0.2, 0) is 11.3 Å². The standard InChI is InChI=1S/C14H10BrFO2/c15-12-5-3-11(4-6-12)14(17)18-9-10-1-7-13(16)8-2-10/h1-8H,9H2. The molecule has 4 heteroatoms. The van der Waals surface area contributed by atoms with E-state index in [1.165, 1.54) is 12.1 Å². The van der Waals surface area contributed by atoms with E-state index in [4.69, 9.17) is 4.74 Å². The second-order valence-corrected chi connectivity index (χ2v) is 4.63. The van der Waals surface area contributed by atoms with Crippen molar-refractivity contribution in [2.24, 2.45) is 0 Å². The smallest absolute Gasteiger partial charge is 0.338 e. The van der Waals surface area contributed by atoms with Gasteiger partial charge in [-0.2, -0.15) is 0 Å². The number of benzene rings is 2. The highest BCUT2D eigenvalue weighted by Crippen LogP contribution is 2.12. The Morgan fingerprint density at radius 2 is 1.67 bits per heavy atom. The first-order valence-corrected chi connectivity index (χ1v) is 6.11. The number of halogens is 2. The molecule has 92 valence electrons. The Labute approximate surface area is 113 Å². The maximum atomic E-state index is 12.7. The molecule has 0 fully saturated rings. The maximum absolute atomic E-state index is 12.7. The van der Waals surface area contributed by atoms with Gasteiger partial charge in [-0.25, -0.2) is 9.18 Å². The normalized spacial score (nSPS) is 10.1. The summed E-state index contributed by atoms with van der Waals surface area (Å²) in [7, 11) is 0. The van der Waals surface area contributed by atoms with Crippen molar-refractivity contribution in [2.45, 2.75) is 6.61 Å². The summed E-state index contributed by atoms with van der Waals surface area (Å²) < 4.78 is 18.7. The van der Waals surface area contributed by atoms with Gasteiger partial charge in [-0.15, -0.1) is 0 Å². The first kappa shape index (κ1) is 12.8. The zero-order valence-corrected chi connectivity index (χ0v) is 11.0. The maximum Gasteiger partial charge on any atom is 0.338 e. The highest BCUT2D eigenvalue weighted by atomic mass is 79.9. The van der Waals surface area contributed by atoms with Gasteiger partial charge < -0.3 is 4.74 Å². The highest BCUT2D eigenvalue weighted by Gasteiger charge is 2.06. The number of esters is 1. The minimum atomic E-state index is -0.396. The minimum absolute atomic E-state index is 0.134. The molecule has 2 aromatic rings. The van der Waals surface area contributed by atoms with Gasteiger partial charge in [-0.3, -0.25) is 0 Å². The Kier molecular flexibility index (Phi) is 4.10. The van der Waals surface area contributed by atoms with Gasteiger partial charge in [0.1, 0.15) is 12.4 Å². The number of carbonyl (C=O) groups is 1. The molecule has 0 amide bonds. The van der Waals surface area contributed by atoms with Crippen molar-refractivity contribution in [2.75, 3.05) is 0 Å². The fraction of sp³-hybridized carbons (Fsp3) is 0.0714. The molecule has 18 heavy (non-hydrogen) atoms. The van der Waals surface area contributed by atoms with Gasteiger partial charge in [0.25, 0.3) is 0 Å². The molecular weight excluding hydrogens is 299 g/mol. The first-order chi connectivity index (χ1) is 8.65. The van der Waals surface area contributed by atoms with Crippen LogP contribution in [0.4, 0.5) is 4.39 Å². The average Bonchev–Trinajstić information content (AvgIpc) is 2.38. The van der Waals surface area contributed by atoms with Gasteiger partial charge in [-0.1, -0.05) is 28.1 Å².